The molecule has 0 saturated heterocycles. The standard InChI is InChI=1S/C22H38O4/c1-4-5-6-7-8-9-10-11-12-13-14-15-18-26-22(25)20(3)17-16-19(2)21(23)24/h16H,3-15,17-18H2,1-2H3,(H,23,24). The Kier molecular flexibility index (Phi) is 15.8. The largest absolute Gasteiger partial charge is 0.478 e. The summed E-state index contributed by atoms with van der Waals surface area (Å²) < 4.78 is 5.17. The molecule has 0 aromatic rings. The summed E-state index contributed by atoms with van der Waals surface area (Å²) in [4.78, 5) is 22.4. The normalized spacial score (nSPS) is 11.4. The minimum absolute atomic E-state index is 0.208. The van der Waals surface area contributed by atoms with Crippen LogP contribution in [-0.4, -0.2) is 23.7 Å². The van der Waals surface area contributed by atoms with E-state index in [9.17, 15) is 9.59 Å². The van der Waals surface area contributed by atoms with Crippen LogP contribution < -0.4 is 0 Å². The van der Waals surface area contributed by atoms with Crippen molar-refractivity contribution < 1.29 is 19.4 Å². The molecule has 0 aromatic carbocycles. The number of unbranched alkanes of at least 4 members (excludes halogenated alkanes) is 11. The van der Waals surface area contributed by atoms with Crippen LogP contribution in [0.3, 0.4) is 0 Å². The van der Waals surface area contributed by atoms with E-state index in [4.69, 9.17) is 9.84 Å². The van der Waals surface area contributed by atoms with Crippen LogP contribution in [0.2, 0.25) is 0 Å². The zero-order chi connectivity index (χ0) is 19.6. The third kappa shape index (κ3) is 14.7. The lowest BCUT2D eigenvalue weighted by Gasteiger charge is -2.06. The summed E-state index contributed by atoms with van der Waals surface area (Å²) in [5.74, 6) is -1.41. The van der Waals surface area contributed by atoms with E-state index in [1.807, 2.05) is 0 Å². The van der Waals surface area contributed by atoms with Crippen molar-refractivity contribution in [3.05, 3.63) is 23.8 Å². The molecule has 1 N–H and O–H groups in total. The number of carbonyl (C=O) groups is 2. The van der Waals surface area contributed by atoms with Gasteiger partial charge in [0.1, 0.15) is 0 Å². The minimum atomic E-state index is -0.984. The Hall–Kier alpha value is -1.58. The Morgan fingerprint density at radius 2 is 1.35 bits per heavy atom. The van der Waals surface area contributed by atoms with Crippen LogP contribution in [0.25, 0.3) is 0 Å². The summed E-state index contributed by atoms with van der Waals surface area (Å²) in [6.07, 6.45) is 16.9. The highest BCUT2D eigenvalue weighted by atomic mass is 16.5. The molecule has 0 aromatic heterocycles. The maximum absolute atomic E-state index is 11.7. The maximum Gasteiger partial charge on any atom is 0.333 e. The fraction of sp³-hybridized carbons (Fsp3) is 0.727. The fourth-order valence-corrected chi connectivity index (χ4v) is 2.66. The Morgan fingerprint density at radius 3 is 1.81 bits per heavy atom. The van der Waals surface area contributed by atoms with Gasteiger partial charge in [-0.05, 0) is 19.8 Å². The molecule has 0 aliphatic carbocycles. The van der Waals surface area contributed by atoms with Gasteiger partial charge in [0.15, 0.2) is 0 Å². The summed E-state index contributed by atoms with van der Waals surface area (Å²) in [6, 6.07) is 0. The number of carboxylic acids is 1. The third-order valence-corrected chi connectivity index (χ3v) is 4.51. The van der Waals surface area contributed by atoms with E-state index in [1.54, 1.807) is 0 Å². The Bertz CT molecular complexity index is 437. The summed E-state index contributed by atoms with van der Waals surface area (Å²) in [5.41, 5.74) is 0.504. The predicted molar refractivity (Wildman–Crippen MR) is 107 cm³/mol. The number of hydrogen-bond donors (Lipinski definition) is 1. The van der Waals surface area contributed by atoms with Gasteiger partial charge in [0, 0.05) is 11.1 Å². The number of carbonyl (C=O) groups excluding carboxylic acids is 1. The van der Waals surface area contributed by atoms with Crippen LogP contribution in [-0.2, 0) is 14.3 Å². The van der Waals surface area contributed by atoms with Crippen molar-refractivity contribution >= 4 is 11.9 Å². The van der Waals surface area contributed by atoms with E-state index in [2.05, 4.69) is 13.5 Å². The molecule has 0 heterocycles. The number of rotatable bonds is 17. The first-order valence-electron chi connectivity index (χ1n) is 10.2. The quantitative estimate of drug-likeness (QED) is 0.189. The van der Waals surface area contributed by atoms with Gasteiger partial charge in [0.05, 0.1) is 6.61 Å². The summed E-state index contributed by atoms with van der Waals surface area (Å²) in [7, 11) is 0. The highest BCUT2D eigenvalue weighted by Gasteiger charge is 2.08. The van der Waals surface area contributed by atoms with Gasteiger partial charge in [-0.1, -0.05) is 90.2 Å². The van der Waals surface area contributed by atoms with Crippen molar-refractivity contribution in [3.63, 3.8) is 0 Å². The van der Waals surface area contributed by atoms with E-state index in [-0.39, 0.29) is 12.0 Å². The molecule has 26 heavy (non-hydrogen) atoms. The Labute approximate surface area is 159 Å². The van der Waals surface area contributed by atoms with E-state index in [0.717, 1.165) is 12.8 Å². The second kappa shape index (κ2) is 16.9. The van der Waals surface area contributed by atoms with E-state index in [0.29, 0.717) is 12.2 Å². The zero-order valence-electron chi connectivity index (χ0n) is 16.9. The molecular weight excluding hydrogens is 328 g/mol. The highest BCUT2D eigenvalue weighted by Crippen LogP contribution is 2.12. The van der Waals surface area contributed by atoms with Crippen molar-refractivity contribution in [3.8, 4) is 0 Å². The van der Waals surface area contributed by atoms with Crippen molar-refractivity contribution in [2.75, 3.05) is 6.61 Å². The lowest BCUT2D eigenvalue weighted by atomic mass is 10.1. The number of allylic oxidation sites excluding steroid dienone is 1. The summed E-state index contributed by atoms with van der Waals surface area (Å²) in [6.45, 7) is 7.81. The number of hydrogen-bond acceptors (Lipinski definition) is 3. The molecule has 0 radical (unpaired) electrons. The fourth-order valence-electron chi connectivity index (χ4n) is 2.66. The molecule has 150 valence electrons. The van der Waals surface area contributed by atoms with Crippen LogP contribution in [0, 0.1) is 0 Å². The lowest BCUT2D eigenvalue weighted by molar-refractivity contribution is -0.139. The maximum atomic E-state index is 11.7. The van der Waals surface area contributed by atoms with Crippen molar-refractivity contribution in [2.24, 2.45) is 0 Å². The van der Waals surface area contributed by atoms with E-state index in [1.165, 1.54) is 77.2 Å². The van der Waals surface area contributed by atoms with Crippen LogP contribution in [0.15, 0.2) is 23.8 Å². The number of aliphatic carboxylic acids is 1. The predicted octanol–water partition coefficient (Wildman–Crippen LogP) is 6.21. The molecule has 0 spiro atoms. The van der Waals surface area contributed by atoms with Gasteiger partial charge in [0.25, 0.3) is 0 Å². The SMILES string of the molecule is C=C(CC=C(C)C(=O)O)C(=O)OCCCCCCCCCCCCCC. The van der Waals surface area contributed by atoms with E-state index >= 15 is 0 Å². The molecule has 0 aliphatic heterocycles. The summed E-state index contributed by atoms with van der Waals surface area (Å²) in [5, 5.41) is 8.75. The molecule has 0 bridgehead atoms. The monoisotopic (exact) mass is 366 g/mol. The van der Waals surface area contributed by atoms with Crippen LogP contribution in [0.5, 0.6) is 0 Å². The van der Waals surface area contributed by atoms with Gasteiger partial charge in [-0.15, -0.1) is 0 Å². The van der Waals surface area contributed by atoms with Crippen LogP contribution in [0.1, 0.15) is 97.3 Å². The summed E-state index contributed by atoms with van der Waals surface area (Å²) >= 11 is 0. The second-order valence-corrected chi connectivity index (χ2v) is 7.02. The molecule has 0 saturated carbocycles. The average Bonchev–Trinajstić information content (AvgIpc) is 2.62. The topological polar surface area (TPSA) is 63.6 Å². The first kappa shape index (κ1) is 24.4. The first-order valence-corrected chi connectivity index (χ1v) is 10.2. The minimum Gasteiger partial charge on any atom is -0.478 e. The van der Waals surface area contributed by atoms with E-state index < -0.39 is 11.9 Å². The molecule has 0 atom stereocenters. The molecule has 0 rings (SSSR count). The average molecular weight is 367 g/mol. The van der Waals surface area contributed by atoms with Gasteiger partial charge in [0.2, 0.25) is 0 Å². The van der Waals surface area contributed by atoms with Gasteiger partial charge in [-0.2, -0.15) is 0 Å². The van der Waals surface area contributed by atoms with Crippen LogP contribution in [0.4, 0.5) is 0 Å². The molecule has 0 amide bonds. The second-order valence-electron chi connectivity index (χ2n) is 7.02. The highest BCUT2D eigenvalue weighted by molar-refractivity contribution is 5.89. The van der Waals surface area contributed by atoms with Crippen molar-refractivity contribution in [2.45, 2.75) is 97.3 Å². The van der Waals surface area contributed by atoms with Crippen molar-refractivity contribution in [1.29, 1.82) is 0 Å². The molecular formula is C22H38O4. The molecule has 0 unspecified atom stereocenters. The van der Waals surface area contributed by atoms with Gasteiger partial charge >= 0.3 is 11.9 Å². The number of esters is 1. The Balaban J connectivity index is 3.46. The molecule has 0 aliphatic rings. The zero-order valence-corrected chi connectivity index (χ0v) is 16.9. The molecule has 0 fully saturated rings. The van der Waals surface area contributed by atoms with Gasteiger partial charge in [-0.3, -0.25) is 0 Å². The Morgan fingerprint density at radius 1 is 0.885 bits per heavy atom. The number of carboxylic acid groups (broad SMARTS) is 1. The van der Waals surface area contributed by atoms with Gasteiger partial charge < -0.3 is 9.84 Å². The van der Waals surface area contributed by atoms with Gasteiger partial charge in [-0.25, -0.2) is 9.59 Å². The molecule has 4 nitrogen and oxygen atoms in total. The van der Waals surface area contributed by atoms with Crippen molar-refractivity contribution in [1.82, 2.24) is 0 Å². The lowest BCUT2D eigenvalue weighted by Crippen LogP contribution is -2.08. The molecule has 4 heteroatoms. The first-order chi connectivity index (χ1) is 12.5. The third-order valence-electron chi connectivity index (χ3n) is 4.51. The smallest absolute Gasteiger partial charge is 0.333 e. The van der Waals surface area contributed by atoms with Crippen LogP contribution >= 0.6 is 0 Å². The number of ether oxygens (including phenoxy) is 1.